The first kappa shape index (κ1) is 7.47. The van der Waals surface area contributed by atoms with Crippen molar-refractivity contribution in [3.63, 3.8) is 0 Å². The molecule has 0 unspecified atom stereocenters. The van der Waals surface area contributed by atoms with E-state index in [4.69, 9.17) is 10.5 Å². The van der Waals surface area contributed by atoms with Crippen molar-refractivity contribution in [2.75, 3.05) is 12.3 Å². The molecule has 2 N–H and O–H groups in total. The highest BCUT2D eigenvalue weighted by molar-refractivity contribution is 5.58. The molecule has 0 radical (unpaired) electrons. The Kier molecular flexibility index (Phi) is 1.68. The van der Waals surface area contributed by atoms with Crippen molar-refractivity contribution < 1.29 is 4.74 Å². The minimum Gasteiger partial charge on any atom is -0.493 e. The van der Waals surface area contributed by atoms with Crippen LogP contribution in [0.3, 0.4) is 0 Å². The van der Waals surface area contributed by atoms with Crippen LogP contribution in [0.25, 0.3) is 0 Å². The molecule has 1 aliphatic rings. The first-order valence-electron chi connectivity index (χ1n) is 4.30. The molecule has 1 aromatic carbocycles. The Balaban J connectivity index is 2.57. The largest absolute Gasteiger partial charge is 0.493 e. The summed E-state index contributed by atoms with van der Waals surface area (Å²) in [5.74, 6) is 1.02. The Morgan fingerprint density at radius 2 is 2.25 bits per heavy atom. The van der Waals surface area contributed by atoms with Crippen LogP contribution in [0.5, 0.6) is 5.75 Å². The maximum absolute atomic E-state index is 5.83. The first-order chi connectivity index (χ1) is 5.79. The van der Waals surface area contributed by atoms with Crippen molar-refractivity contribution in [1.29, 1.82) is 0 Å². The Morgan fingerprint density at radius 3 is 3.00 bits per heavy atom. The third-order valence-electron chi connectivity index (χ3n) is 2.31. The van der Waals surface area contributed by atoms with Gasteiger partial charge >= 0.3 is 0 Å². The van der Waals surface area contributed by atoms with Gasteiger partial charge in [-0.15, -0.1) is 0 Å². The number of ether oxygens (including phenoxy) is 1. The summed E-state index contributed by atoms with van der Waals surface area (Å²) in [6, 6.07) is 3.97. The first-order valence-corrected chi connectivity index (χ1v) is 4.30. The van der Waals surface area contributed by atoms with E-state index in [2.05, 4.69) is 6.92 Å². The molecule has 0 atom stereocenters. The number of anilines is 1. The van der Waals surface area contributed by atoms with Gasteiger partial charge in [-0.05, 0) is 31.4 Å². The van der Waals surface area contributed by atoms with Gasteiger partial charge < -0.3 is 10.5 Å². The molecular weight excluding hydrogens is 150 g/mol. The summed E-state index contributed by atoms with van der Waals surface area (Å²) < 4.78 is 5.56. The van der Waals surface area contributed by atoms with Crippen LogP contribution in [0.1, 0.15) is 17.5 Å². The van der Waals surface area contributed by atoms with Crippen molar-refractivity contribution in [1.82, 2.24) is 0 Å². The van der Waals surface area contributed by atoms with Crippen LogP contribution in [0.2, 0.25) is 0 Å². The molecule has 2 nitrogen and oxygen atoms in total. The van der Waals surface area contributed by atoms with Gasteiger partial charge in [0.15, 0.2) is 0 Å². The van der Waals surface area contributed by atoms with Crippen LogP contribution in [-0.2, 0) is 6.42 Å². The molecule has 2 heteroatoms. The summed E-state index contributed by atoms with van der Waals surface area (Å²) in [5.41, 5.74) is 9.09. The smallest absolute Gasteiger partial charge is 0.127 e. The van der Waals surface area contributed by atoms with E-state index in [0.29, 0.717) is 0 Å². The van der Waals surface area contributed by atoms with Gasteiger partial charge in [0.1, 0.15) is 5.75 Å². The predicted molar refractivity (Wildman–Crippen MR) is 49.4 cm³/mol. The molecule has 0 saturated carbocycles. The highest BCUT2D eigenvalue weighted by Crippen LogP contribution is 2.32. The lowest BCUT2D eigenvalue weighted by Gasteiger charge is -2.20. The van der Waals surface area contributed by atoms with Gasteiger partial charge in [-0.25, -0.2) is 0 Å². The van der Waals surface area contributed by atoms with E-state index in [1.165, 1.54) is 11.1 Å². The van der Waals surface area contributed by atoms with E-state index in [1.807, 2.05) is 12.1 Å². The van der Waals surface area contributed by atoms with Crippen LogP contribution >= 0.6 is 0 Å². The summed E-state index contributed by atoms with van der Waals surface area (Å²) >= 11 is 0. The zero-order chi connectivity index (χ0) is 8.55. The zero-order valence-corrected chi connectivity index (χ0v) is 7.26. The lowest BCUT2D eigenvalue weighted by Crippen LogP contribution is -2.11. The Morgan fingerprint density at radius 1 is 1.42 bits per heavy atom. The third-order valence-corrected chi connectivity index (χ3v) is 2.31. The number of rotatable bonds is 0. The fourth-order valence-corrected chi connectivity index (χ4v) is 1.64. The number of nitrogen functional groups attached to an aromatic ring is 1. The molecule has 2 rings (SSSR count). The maximum atomic E-state index is 5.83. The van der Waals surface area contributed by atoms with Crippen molar-refractivity contribution in [2.24, 2.45) is 0 Å². The third kappa shape index (κ3) is 1.04. The fourth-order valence-electron chi connectivity index (χ4n) is 1.64. The molecule has 0 aliphatic carbocycles. The SMILES string of the molecule is Cc1ccc(N)c2c1OCCC2. The van der Waals surface area contributed by atoms with Crippen LogP contribution < -0.4 is 10.5 Å². The number of hydrogen-bond acceptors (Lipinski definition) is 2. The quantitative estimate of drug-likeness (QED) is 0.593. The normalized spacial score (nSPS) is 15.1. The second-order valence-corrected chi connectivity index (χ2v) is 3.23. The molecule has 0 aromatic heterocycles. The number of aryl methyl sites for hydroxylation is 1. The van der Waals surface area contributed by atoms with Crippen molar-refractivity contribution in [2.45, 2.75) is 19.8 Å². The second kappa shape index (κ2) is 2.70. The minimum atomic E-state index is 0.831. The number of fused-ring (bicyclic) bond motifs is 1. The van der Waals surface area contributed by atoms with Crippen molar-refractivity contribution in [3.8, 4) is 5.75 Å². The van der Waals surface area contributed by atoms with Crippen molar-refractivity contribution in [3.05, 3.63) is 23.3 Å². The zero-order valence-electron chi connectivity index (χ0n) is 7.26. The van der Waals surface area contributed by atoms with Gasteiger partial charge in [-0.3, -0.25) is 0 Å². The standard InChI is InChI=1S/C10H13NO/c1-7-4-5-9(11)8-3-2-6-12-10(7)8/h4-5H,2-3,6,11H2,1H3. The molecule has 0 spiro atoms. The maximum Gasteiger partial charge on any atom is 0.127 e. The highest BCUT2D eigenvalue weighted by atomic mass is 16.5. The molecular formula is C10H13NO. The van der Waals surface area contributed by atoms with E-state index in [1.54, 1.807) is 0 Å². The van der Waals surface area contributed by atoms with Crippen LogP contribution in [0, 0.1) is 6.92 Å². The summed E-state index contributed by atoms with van der Waals surface area (Å²) in [5, 5.41) is 0. The monoisotopic (exact) mass is 163 g/mol. The summed E-state index contributed by atoms with van der Waals surface area (Å²) in [6.07, 6.45) is 2.14. The molecule has 1 aliphatic heterocycles. The lowest BCUT2D eigenvalue weighted by molar-refractivity contribution is 0.287. The minimum absolute atomic E-state index is 0.831. The molecule has 0 amide bonds. The van der Waals surface area contributed by atoms with E-state index < -0.39 is 0 Å². The molecule has 0 saturated heterocycles. The van der Waals surface area contributed by atoms with Crippen molar-refractivity contribution >= 4 is 5.69 Å². The Hall–Kier alpha value is -1.18. The van der Waals surface area contributed by atoms with E-state index in [-0.39, 0.29) is 0 Å². The molecule has 12 heavy (non-hydrogen) atoms. The van der Waals surface area contributed by atoms with Gasteiger partial charge in [0.05, 0.1) is 6.61 Å². The second-order valence-electron chi connectivity index (χ2n) is 3.23. The number of hydrogen-bond donors (Lipinski definition) is 1. The topological polar surface area (TPSA) is 35.2 Å². The van der Waals surface area contributed by atoms with E-state index in [9.17, 15) is 0 Å². The predicted octanol–water partition coefficient (Wildman–Crippen LogP) is 1.90. The van der Waals surface area contributed by atoms with E-state index >= 15 is 0 Å². The van der Waals surface area contributed by atoms with E-state index in [0.717, 1.165) is 30.9 Å². The van der Waals surface area contributed by atoms with Gasteiger partial charge in [0.2, 0.25) is 0 Å². The van der Waals surface area contributed by atoms with Crippen LogP contribution in [0.15, 0.2) is 12.1 Å². The number of benzene rings is 1. The summed E-state index contributed by atoms with van der Waals surface area (Å²) in [4.78, 5) is 0. The average Bonchev–Trinajstić information content (AvgIpc) is 2.12. The molecule has 0 bridgehead atoms. The van der Waals surface area contributed by atoms with Gasteiger partial charge in [-0.1, -0.05) is 6.07 Å². The molecule has 0 fully saturated rings. The average molecular weight is 163 g/mol. The molecule has 1 heterocycles. The highest BCUT2D eigenvalue weighted by Gasteiger charge is 2.14. The van der Waals surface area contributed by atoms with Gasteiger partial charge in [-0.2, -0.15) is 0 Å². The summed E-state index contributed by atoms with van der Waals surface area (Å²) in [6.45, 7) is 2.89. The van der Waals surface area contributed by atoms with Crippen LogP contribution in [-0.4, -0.2) is 6.61 Å². The molecule has 64 valence electrons. The Bertz CT molecular complexity index is 276. The fraction of sp³-hybridized carbons (Fsp3) is 0.400. The number of nitrogens with two attached hydrogens (primary N) is 1. The van der Waals surface area contributed by atoms with Gasteiger partial charge in [0.25, 0.3) is 0 Å². The van der Waals surface area contributed by atoms with Gasteiger partial charge in [0, 0.05) is 11.3 Å². The van der Waals surface area contributed by atoms with Crippen LogP contribution in [0.4, 0.5) is 5.69 Å². The Labute approximate surface area is 72.3 Å². The lowest BCUT2D eigenvalue weighted by atomic mass is 10.0. The summed E-state index contributed by atoms with van der Waals surface area (Å²) in [7, 11) is 0. The molecule has 1 aromatic rings.